The molecule has 1 atom stereocenters. The zero-order valence-electron chi connectivity index (χ0n) is 16.1. The fraction of sp³-hybridized carbons (Fsp3) is 0.300. The number of likely N-dealkylation sites (N-methyl/N-ethyl adjacent to an activating group) is 1. The molecular weight excluding hydrogens is 346 g/mol. The third-order valence-corrected chi connectivity index (χ3v) is 3.93. The monoisotopic (exact) mass is 372 g/mol. The SMILES string of the molecule is COc1cccc(C[NH+](C)CC(=O)Nc2ccc(NC(C)=O)cc2)c1OC. The van der Waals surface area contributed by atoms with Crippen molar-refractivity contribution in [2.75, 3.05) is 38.4 Å². The average molecular weight is 372 g/mol. The van der Waals surface area contributed by atoms with Crippen molar-refractivity contribution >= 4 is 23.2 Å². The third kappa shape index (κ3) is 6.00. The first-order chi connectivity index (χ1) is 12.9. The van der Waals surface area contributed by atoms with E-state index in [0.29, 0.717) is 36.0 Å². The van der Waals surface area contributed by atoms with E-state index in [0.717, 1.165) is 10.5 Å². The molecule has 7 heteroatoms. The number of nitrogens with one attached hydrogen (secondary N) is 3. The number of benzene rings is 2. The van der Waals surface area contributed by atoms with Crippen LogP contribution in [0.15, 0.2) is 42.5 Å². The number of methoxy groups -OCH3 is 2. The highest BCUT2D eigenvalue weighted by Crippen LogP contribution is 2.30. The number of para-hydroxylation sites is 1. The lowest BCUT2D eigenvalue weighted by Gasteiger charge is -2.17. The Kier molecular flexibility index (Phi) is 7.19. The van der Waals surface area contributed by atoms with Crippen LogP contribution in [-0.4, -0.2) is 39.6 Å². The predicted octanol–water partition coefficient (Wildman–Crippen LogP) is 1.32. The highest BCUT2D eigenvalue weighted by molar-refractivity contribution is 5.92. The van der Waals surface area contributed by atoms with Crippen molar-refractivity contribution < 1.29 is 24.0 Å². The Labute approximate surface area is 159 Å². The summed E-state index contributed by atoms with van der Waals surface area (Å²) in [5.74, 6) is 1.13. The summed E-state index contributed by atoms with van der Waals surface area (Å²) in [5, 5.41) is 5.55. The van der Waals surface area contributed by atoms with Gasteiger partial charge in [0.2, 0.25) is 5.91 Å². The minimum absolute atomic E-state index is 0.0957. The first kappa shape index (κ1) is 20.3. The van der Waals surface area contributed by atoms with Crippen molar-refractivity contribution in [1.82, 2.24) is 0 Å². The van der Waals surface area contributed by atoms with Crippen LogP contribution < -0.4 is 25.0 Å². The van der Waals surface area contributed by atoms with E-state index in [1.807, 2.05) is 25.2 Å². The van der Waals surface area contributed by atoms with Gasteiger partial charge in [0.15, 0.2) is 18.0 Å². The highest BCUT2D eigenvalue weighted by Gasteiger charge is 2.16. The number of carbonyl (C=O) groups excluding carboxylic acids is 2. The lowest BCUT2D eigenvalue weighted by atomic mass is 10.1. The zero-order valence-corrected chi connectivity index (χ0v) is 16.1. The number of anilines is 2. The quantitative estimate of drug-likeness (QED) is 0.653. The van der Waals surface area contributed by atoms with Crippen molar-refractivity contribution in [2.45, 2.75) is 13.5 Å². The lowest BCUT2D eigenvalue weighted by molar-refractivity contribution is -0.885. The summed E-state index contributed by atoms with van der Waals surface area (Å²) in [7, 11) is 5.15. The molecule has 27 heavy (non-hydrogen) atoms. The Morgan fingerprint density at radius 2 is 1.59 bits per heavy atom. The Bertz CT molecular complexity index is 790. The Morgan fingerprint density at radius 1 is 0.963 bits per heavy atom. The van der Waals surface area contributed by atoms with Gasteiger partial charge in [0.25, 0.3) is 5.91 Å². The van der Waals surface area contributed by atoms with Gasteiger partial charge in [0.05, 0.1) is 26.8 Å². The van der Waals surface area contributed by atoms with Crippen molar-refractivity contribution in [3.63, 3.8) is 0 Å². The molecule has 144 valence electrons. The van der Waals surface area contributed by atoms with E-state index in [1.54, 1.807) is 38.5 Å². The number of hydrogen-bond acceptors (Lipinski definition) is 4. The number of hydrogen-bond donors (Lipinski definition) is 3. The summed E-state index contributed by atoms with van der Waals surface area (Å²) in [5.41, 5.74) is 2.34. The molecule has 0 fully saturated rings. The second kappa shape index (κ2) is 9.59. The van der Waals surface area contributed by atoms with Crippen LogP contribution in [0.1, 0.15) is 12.5 Å². The number of carbonyl (C=O) groups is 2. The molecule has 0 aliphatic rings. The minimum atomic E-state index is -0.134. The van der Waals surface area contributed by atoms with E-state index in [4.69, 9.17) is 9.47 Å². The van der Waals surface area contributed by atoms with E-state index in [-0.39, 0.29) is 11.8 Å². The molecule has 0 aliphatic carbocycles. The van der Waals surface area contributed by atoms with E-state index in [1.165, 1.54) is 6.92 Å². The van der Waals surface area contributed by atoms with Gasteiger partial charge in [-0.05, 0) is 36.4 Å². The summed E-state index contributed by atoms with van der Waals surface area (Å²) < 4.78 is 10.8. The minimum Gasteiger partial charge on any atom is -0.493 e. The molecule has 0 saturated carbocycles. The molecular formula is C20H26N3O4+. The summed E-state index contributed by atoms with van der Waals surface area (Å²) in [4.78, 5) is 24.3. The second-order valence-corrected chi connectivity index (χ2v) is 6.27. The van der Waals surface area contributed by atoms with E-state index in [9.17, 15) is 9.59 Å². The van der Waals surface area contributed by atoms with Gasteiger partial charge >= 0.3 is 0 Å². The largest absolute Gasteiger partial charge is 0.493 e. The van der Waals surface area contributed by atoms with Crippen molar-refractivity contribution in [1.29, 1.82) is 0 Å². The topological polar surface area (TPSA) is 81.1 Å². The maximum atomic E-state index is 12.3. The molecule has 2 rings (SSSR count). The van der Waals surface area contributed by atoms with Gasteiger partial charge in [-0.1, -0.05) is 6.07 Å². The Hall–Kier alpha value is -3.06. The first-order valence-electron chi connectivity index (χ1n) is 8.61. The van der Waals surface area contributed by atoms with Gasteiger partial charge < -0.3 is 25.0 Å². The number of amides is 2. The summed E-state index contributed by atoms with van der Waals surface area (Å²) in [6, 6.07) is 12.7. The van der Waals surface area contributed by atoms with E-state index < -0.39 is 0 Å². The first-order valence-corrected chi connectivity index (χ1v) is 8.61. The number of rotatable bonds is 8. The van der Waals surface area contributed by atoms with Gasteiger partial charge in [-0.3, -0.25) is 9.59 Å². The number of quaternary nitrogens is 1. The predicted molar refractivity (Wildman–Crippen MR) is 104 cm³/mol. The van der Waals surface area contributed by atoms with E-state index >= 15 is 0 Å². The lowest BCUT2D eigenvalue weighted by Crippen LogP contribution is -3.08. The van der Waals surface area contributed by atoms with Gasteiger partial charge in [-0.15, -0.1) is 0 Å². The summed E-state index contributed by atoms with van der Waals surface area (Å²) in [6.45, 7) is 2.37. The smallest absolute Gasteiger partial charge is 0.279 e. The van der Waals surface area contributed by atoms with Crippen molar-refractivity contribution in [3.05, 3.63) is 48.0 Å². The molecule has 7 nitrogen and oxygen atoms in total. The highest BCUT2D eigenvalue weighted by atomic mass is 16.5. The van der Waals surface area contributed by atoms with Crippen molar-refractivity contribution in [3.8, 4) is 11.5 Å². The summed E-state index contributed by atoms with van der Waals surface area (Å²) >= 11 is 0. The van der Waals surface area contributed by atoms with Crippen LogP contribution in [0.5, 0.6) is 11.5 Å². The molecule has 2 aromatic carbocycles. The maximum Gasteiger partial charge on any atom is 0.279 e. The van der Waals surface area contributed by atoms with Gasteiger partial charge in [-0.2, -0.15) is 0 Å². The third-order valence-electron chi connectivity index (χ3n) is 3.93. The van der Waals surface area contributed by atoms with Gasteiger partial charge in [0.1, 0.15) is 6.54 Å². The van der Waals surface area contributed by atoms with Crippen LogP contribution in [0.4, 0.5) is 11.4 Å². The normalized spacial score (nSPS) is 11.4. The molecule has 0 aromatic heterocycles. The van der Waals surface area contributed by atoms with Gasteiger partial charge in [-0.25, -0.2) is 0 Å². The van der Waals surface area contributed by atoms with Crippen LogP contribution in [0, 0.1) is 0 Å². The summed E-state index contributed by atoms with van der Waals surface area (Å²) in [6.07, 6.45) is 0. The zero-order chi connectivity index (χ0) is 19.8. The average Bonchev–Trinajstić information content (AvgIpc) is 2.62. The van der Waals surface area contributed by atoms with Crippen LogP contribution in [-0.2, 0) is 16.1 Å². The van der Waals surface area contributed by atoms with Crippen LogP contribution >= 0.6 is 0 Å². The molecule has 2 amide bonds. The van der Waals surface area contributed by atoms with Crippen LogP contribution in [0.25, 0.3) is 0 Å². The fourth-order valence-corrected chi connectivity index (χ4v) is 2.80. The molecule has 0 saturated heterocycles. The molecule has 0 aliphatic heterocycles. The Morgan fingerprint density at radius 3 is 2.15 bits per heavy atom. The standard InChI is InChI=1S/C20H25N3O4/c1-14(24)21-16-8-10-17(11-9-16)22-19(25)13-23(2)12-15-6-5-7-18(26-3)20(15)27-4/h5-11H,12-13H2,1-4H3,(H,21,24)(H,22,25)/p+1. The van der Waals surface area contributed by atoms with E-state index in [2.05, 4.69) is 10.6 Å². The van der Waals surface area contributed by atoms with Crippen LogP contribution in [0.3, 0.4) is 0 Å². The molecule has 0 radical (unpaired) electrons. The molecule has 2 aromatic rings. The van der Waals surface area contributed by atoms with Gasteiger partial charge in [0, 0.05) is 18.3 Å². The maximum absolute atomic E-state index is 12.3. The fourth-order valence-electron chi connectivity index (χ4n) is 2.80. The van der Waals surface area contributed by atoms with Crippen LogP contribution in [0.2, 0.25) is 0 Å². The molecule has 0 bridgehead atoms. The number of ether oxygens (including phenoxy) is 2. The van der Waals surface area contributed by atoms with Crippen molar-refractivity contribution in [2.24, 2.45) is 0 Å². The molecule has 1 unspecified atom stereocenters. The second-order valence-electron chi connectivity index (χ2n) is 6.27. The molecule has 3 N–H and O–H groups in total. The molecule has 0 heterocycles. The molecule has 0 spiro atoms. The Balaban J connectivity index is 1.93.